The molecule has 1 atom stereocenters. The molecule has 2 aliphatic heterocycles. The molecule has 0 spiro atoms. The van der Waals surface area contributed by atoms with E-state index < -0.39 is 6.10 Å². The first-order valence-electron chi connectivity index (χ1n) is 7.65. The second-order valence-corrected chi connectivity index (χ2v) is 5.63. The van der Waals surface area contributed by atoms with Crippen LogP contribution >= 0.6 is 0 Å². The van der Waals surface area contributed by atoms with Crippen LogP contribution in [0.4, 0.5) is 5.69 Å². The van der Waals surface area contributed by atoms with Crippen molar-refractivity contribution in [1.29, 1.82) is 0 Å². The fraction of sp³-hybridized carbons (Fsp3) is 0.438. The molecule has 0 saturated carbocycles. The van der Waals surface area contributed by atoms with E-state index in [1.54, 1.807) is 28.0 Å². The molecule has 122 valence electrons. The van der Waals surface area contributed by atoms with E-state index in [-0.39, 0.29) is 30.7 Å². The summed E-state index contributed by atoms with van der Waals surface area (Å²) in [6.07, 6.45) is -0.465. The lowest BCUT2D eigenvalue weighted by molar-refractivity contribution is -0.138. The second-order valence-electron chi connectivity index (χ2n) is 5.63. The molecular formula is C16H19N3O4. The summed E-state index contributed by atoms with van der Waals surface area (Å²) >= 11 is 0. The van der Waals surface area contributed by atoms with Gasteiger partial charge < -0.3 is 19.9 Å². The third-order valence-electron chi connectivity index (χ3n) is 4.05. The van der Waals surface area contributed by atoms with Crippen LogP contribution in [0.5, 0.6) is 5.75 Å². The van der Waals surface area contributed by atoms with Crippen molar-refractivity contribution in [1.82, 2.24) is 10.2 Å². The van der Waals surface area contributed by atoms with Crippen molar-refractivity contribution in [2.24, 2.45) is 0 Å². The Bertz CT molecular complexity index is 646. The molecule has 0 aliphatic carbocycles. The first-order chi connectivity index (χ1) is 11.1. The maximum Gasteiger partial charge on any atom is 0.265 e. The highest BCUT2D eigenvalue weighted by molar-refractivity contribution is 5.96. The van der Waals surface area contributed by atoms with Gasteiger partial charge in [0.1, 0.15) is 5.75 Å². The fourth-order valence-corrected chi connectivity index (χ4v) is 2.85. The van der Waals surface area contributed by atoms with Crippen molar-refractivity contribution in [3.8, 4) is 5.75 Å². The maximum absolute atomic E-state index is 12.7. The molecule has 1 fully saturated rings. The predicted octanol–water partition coefficient (Wildman–Crippen LogP) is 0.149. The summed E-state index contributed by atoms with van der Waals surface area (Å²) in [4.78, 5) is 39.2. The van der Waals surface area contributed by atoms with E-state index in [9.17, 15) is 14.4 Å². The molecule has 23 heavy (non-hydrogen) atoms. The summed E-state index contributed by atoms with van der Waals surface area (Å²) in [6, 6.07) is 7.18. The van der Waals surface area contributed by atoms with E-state index in [4.69, 9.17) is 4.74 Å². The number of ether oxygens (including phenoxy) is 1. The summed E-state index contributed by atoms with van der Waals surface area (Å²) in [5.41, 5.74) is 0.678. The lowest BCUT2D eigenvalue weighted by Crippen LogP contribution is -2.52. The van der Waals surface area contributed by atoms with E-state index in [2.05, 4.69) is 5.32 Å². The van der Waals surface area contributed by atoms with Crippen LogP contribution in [0.15, 0.2) is 24.3 Å². The quantitative estimate of drug-likeness (QED) is 0.800. The van der Waals surface area contributed by atoms with Crippen LogP contribution in [0.2, 0.25) is 0 Å². The van der Waals surface area contributed by atoms with Gasteiger partial charge in [-0.2, -0.15) is 0 Å². The van der Waals surface area contributed by atoms with Crippen molar-refractivity contribution >= 4 is 23.4 Å². The van der Waals surface area contributed by atoms with Gasteiger partial charge in [0.15, 0.2) is 6.10 Å². The third kappa shape index (κ3) is 3.13. The minimum atomic E-state index is -0.748. The maximum atomic E-state index is 12.7. The molecule has 3 rings (SSSR count). The number of amides is 3. The highest BCUT2D eigenvalue weighted by Gasteiger charge is 2.35. The van der Waals surface area contributed by atoms with Gasteiger partial charge in [0, 0.05) is 33.0 Å². The molecule has 7 heteroatoms. The number of nitrogens with zero attached hydrogens (tertiary/aromatic N) is 2. The number of anilines is 1. The van der Waals surface area contributed by atoms with Crippen molar-refractivity contribution in [3.05, 3.63) is 24.3 Å². The lowest BCUT2D eigenvalue weighted by atomic mass is 10.1. The van der Waals surface area contributed by atoms with Crippen LogP contribution in [-0.4, -0.2) is 54.9 Å². The predicted molar refractivity (Wildman–Crippen MR) is 83.1 cm³/mol. The van der Waals surface area contributed by atoms with Gasteiger partial charge in [-0.3, -0.25) is 14.4 Å². The molecule has 2 heterocycles. The SMILES string of the molecule is CC(=O)N1CC(C(=O)N2CCNC(=O)CC2)Oc2ccccc21. The van der Waals surface area contributed by atoms with Crippen molar-refractivity contribution < 1.29 is 19.1 Å². The fourth-order valence-electron chi connectivity index (χ4n) is 2.85. The van der Waals surface area contributed by atoms with Gasteiger partial charge in [-0.1, -0.05) is 12.1 Å². The topological polar surface area (TPSA) is 79.0 Å². The van der Waals surface area contributed by atoms with E-state index in [0.717, 1.165) is 0 Å². The molecule has 1 saturated heterocycles. The largest absolute Gasteiger partial charge is 0.476 e. The number of carbonyl (C=O) groups excluding carboxylic acids is 3. The Morgan fingerprint density at radius 3 is 2.83 bits per heavy atom. The Hall–Kier alpha value is -2.57. The van der Waals surface area contributed by atoms with Gasteiger partial charge in [-0.05, 0) is 12.1 Å². The number of hydrogen-bond donors (Lipinski definition) is 1. The smallest absolute Gasteiger partial charge is 0.265 e. The molecule has 3 amide bonds. The summed E-state index contributed by atoms with van der Waals surface area (Å²) in [5, 5.41) is 2.74. The van der Waals surface area contributed by atoms with Gasteiger partial charge in [-0.25, -0.2) is 0 Å². The number of rotatable bonds is 1. The molecule has 2 aliphatic rings. The first-order valence-corrected chi connectivity index (χ1v) is 7.65. The molecule has 1 aromatic carbocycles. The Morgan fingerprint density at radius 2 is 2.04 bits per heavy atom. The minimum absolute atomic E-state index is 0.0550. The zero-order valence-corrected chi connectivity index (χ0v) is 12.9. The van der Waals surface area contributed by atoms with Crippen molar-refractivity contribution in [2.75, 3.05) is 31.1 Å². The van der Waals surface area contributed by atoms with Crippen molar-refractivity contribution in [3.63, 3.8) is 0 Å². The zero-order chi connectivity index (χ0) is 16.4. The van der Waals surface area contributed by atoms with Crippen LogP contribution in [0.25, 0.3) is 0 Å². The molecule has 7 nitrogen and oxygen atoms in total. The number of para-hydroxylation sites is 2. The molecule has 0 aromatic heterocycles. The van der Waals surface area contributed by atoms with Crippen LogP contribution in [0.1, 0.15) is 13.3 Å². The number of fused-ring (bicyclic) bond motifs is 1. The van der Waals surface area contributed by atoms with Crippen LogP contribution in [0.3, 0.4) is 0 Å². The monoisotopic (exact) mass is 317 g/mol. The zero-order valence-electron chi connectivity index (χ0n) is 12.9. The number of nitrogens with one attached hydrogen (secondary N) is 1. The average molecular weight is 317 g/mol. The lowest BCUT2D eigenvalue weighted by Gasteiger charge is -2.35. The summed E-state index contributed by atoms with van der Waals surface area (Å²) in [7, 11) is 0. The molecule has 1 unspecified atom stereocenters. The van der Waals surface area contributed by atoms with Gasteiger partial charge in [-0.15, -0.1) is 0 Å². The molecule has 0 bridgehead atoms. The number of hydrogen-bond acceptors (Lipinski definition) is 4. The van der Waals surface area contributed by atoms with Crippen LogP contribution in [-0.2, 0) is 14.4 Å². The number of benzene rings is 1. The first kappa shape index (κ1) is 15.3. The van der Waals surface area contributed by atoms with Gasteiger partial charge in [0.2, 0.25) is 11.8 Å². The number of carbonyl (C=O) groups is 3. The van der Waals surface area contributed by atoms with Gasteiger partial charge in [0.05, 0.1) is 12.2 Å². The van der Waals surface area contributed by atoms with Gasteiger partial charge >= 0.3 is 0 Å². The highest BCUT2D eigenvalue weighted by atomic mass is 16.5. The minimum Gasteiger partial charge on any atom is -0.476 e. The highest BCUT2D eigenvalue weighted by Crippen LogP contribution is 2.33. The molecular weight excluding hydrogens is 298 g/mol. The van der Waals surface area contributed by atoms with E-state index in [0.29, 0.717) is 31.1 Å². The molecule has 0 radical (unpaired) electrons. The third-order valence-corrected chi connectivity index (χ3v) is 4.05. The van der Waals surface area contributed by atoms with Crippen LogP contribution < -0.4 is 15.0 Å². The second kappa shape index (κ2) is 6.28. The van der Waals surface area contributed by atoms with Crippen LogP contribution in [0, 0.1) is 0 Å². The van der Waals surface area contributed by atoms with E-state index in [1.807, 2.05) is 6.07 Å². The summed E-state index contributed by atoms with van der Waals surface area (Å²) in [5.74, 6) is 0.144. The standard InChI is InChI=1S/C16H19N3O4/c1-11(20)19-10-14(23-13-5-3-2-4-12(13)19)16(22)18-8-6-15(21)17-7-9-18/h2-5,14H,6-10H2,1H3,(H,17,21). The summed E-state index contributed by atoms with van der Waals surface area (Å²) < 4.78 is 5.80. The molecule has 1 N–H and O–H groups in total. The normalized spacial score (nSPS) is 20.9. The van der Waals surface area contributed by atoms with Gasteiger partial charge in [0.25, 0.3) is 5.91 Å². The average Bonchev–Trinajstić information content (AvgIpc) is 2.77. The Morgan fingerprint density at radius 1 is 1.26 bits per heavy atom. The summed E-state index contributed by atoms with van der Waals surface area (Å²) in [6.45, 7) is 2.91. The Kier molecular flexibility index (Phi) is 4.18. The van der Waals surface area contributed by atoms with E-state index in [1.165, 1.54) is 6.92 Å². The van der Waals surface area contributed by atoms with Crippen molar-refractivity contribution in [2.45, 2.75) is 19.4 Å². The molecule has 1 aromatic rings. The van der Waals surface area contributed by atoms with E-state index >= 15 is 0 Å². The Labute approximate surface area is 134 Å². The Balaban J connectivity index is 1.79.